The van der Waals surface area contributed by atoms with Gasteiger partial charge in [0.05, 0.1) is 41.9 Å². The lowest BCUT2D eigenvalue weighted by atomic mass is 10.0. The van der Waals surface area contributed by atoms with Gasteiger partial charge in [-0.2, -0.15) is 0 Å². The van der Waals surface area contributed by atoms with E-state index in [0.717, 1.165) is 12.2 Å². The van der Waals surface area contributed by atoms with Gasteiger partial charge < -0.3 is 13.9 Å². The number of furan rings is 1. The Bertz CT molecular complexity index is 1150. The van der Waals surface area contributed by atoms with E-state index in [0.29, 0.717) is 45.6 Å². The summed E-state index contributed by atoms with van der Waals surface area (Å²) >= 11 is 1.28. The van der Waals surface area contributed by atoms with Crippen LogP contribution in [0.1, 0.15) is 24.7 Å². The maximum Gasteiger partial charge on any atom is 0.272 e. The molecule has 164 valence electrons. The molecule has 0 saturated heterocycles. The second-order valence-corrected chi connectivity index (χ2v) is 8.05. The Morgan fingerprint density at radius 2 is 1.84 bits per heavy atom. The standard InChI is InChI=1S/C25H23NO5S/c1-3-13-30-18-9-6-8-17(15-18)26-24(27)22(20-11-4-5-12-21(20)29-2)23(25(26)28)32-16-19-10-7-14-31-19/h4-12,14-15H,3,13,16H2,1-2H3. The molecule has 1 aliphatic rings. The van der Waals surface area contributed by atoms with Gasteiger partial charge in [-0.1, -0.05) is 31.2 Å². The van der Waals surface area contributed by atoms with E-state index in [2.05, 4.69) is 0 Å². The third kappa shape index (κ3) is 4.29. The van der Waals surface area contributed by atoms with Gasteiger partial charge >= 0.3 is 0 Å². The van der Waals surface area contributed by atoms with Gasteiger partial charge in [0.15, 0.2) is 0 Å². The highest BCUT2D eigenvalue weighted by molar-refractivity contribution is 8.03. The Labute approximate surface area is 190 Å². The quantitative estimate of drug-likeness (QED) is 0.413. The van der Waals surface area contributed by atoms with Crippen LogP contribution in [0.2, 0.25) is 0 Å². The summed E-state index contributed by atoms with van der Waals surface area (Å²) in [4.78, 5) is 28.7. The van der Waals surface area contributed by atoms with Crippen LogP contribution in [0.3, 0.4) is 0 Å². The van der Waals surface area contributed by atoms with Crippen LogP contribution in [0.4, 0.5) is 5.69 Å². The highest BCUT2D eigenvalue weighted by atomic mass is 32.2. The number of carbonyl (C=O) groups excluding carboxylic acids is 2. The topological polar surface area (TPSA) is 69.0 Å². The van der Waals surface area contributed by atoms with Crippen LogP contribution >= 0.6 is 11.8 Å². The molecule has 1 aromatic heterocycles. The van der Waals surface area contributed by atoms with Crippen LogP contribution in [0, 0.1) is 0 Å². The zero-order valence-electron chi connectivity index (χ0n) is 17.9. The number of hydrogen-bond donors (Lipinski definition) is 0. The number of nitrogens with zero attached hydrogens (tertiary/aromatic N) is 1. The molecule has 3 aromatic rings. The van der Waals surface area contributed by atoms with Crippen molar-refractivity contribution >= 4 is 34.8 Å². The van der Waals surface area contributed by atoms with Crippen LogP contribution < -0.4 is 14.4 Å². The number of anilines is 1. The van der Waals surface area contributed by atoms with Crippen molar-refractivity contribution in [2.75, 3.05) is 18.6 Å². The van der Waals surface area contributed by atoms with E-state index in [4.69, 9.17) is 13.9 Å². The van der Waals surface area contributed by atoms with Crippen LogP contribution in [0.15, 0.2) is 76.2 Å². The molecule has 2 aromatic carbocycles. The average Bonchev–Trinajstić information content (AvgIpc) is 3.42. The second kappa shape index (κ2) is 9.78. The molecule has 0 spiro atoms. The number of rotatable bonds is 9. The zero-order chi connectivity index (χ0) is 22.5. The van der Waals surface area contributed by atoms with Crippen molar-refractivity contribution < 1.29 is 23.5 Å². The number of thioether (sulfide) groups is 1. The average molecular weight is 450 g/mol. The Morgan fingerprint density at radius 3 is 2.59 bits per heavy atom. The molecule has 0 aliphatic carbocycles. The molecular weight excluding hydrogens is 426 g/mol. The summed E-state index contributed by atoms with van der Waals surface area (Å²) in [6.07, 6.45) is 2.44. The first kappa shape index (κ1) is 21.8. The van der Waals surface area contributed by atoms with Crippen molar-refractivity contribution in [2.45, 2.75) is 19.1 Å². The molecule has 2 heterocycles. The second-order valence-electron chi connectivity index (χ2n) is 7.06. The summed E-state index contributed by atoms with van der Waals surface area (Å²) in [5, 5.41) is 0. The summed E-state index contributed by atoms with van der Waals surface area (Å²) in [5.41, 5.74) is 1.37. The molecule has 0 bridgehead atoms. The van der Waals surface area contributed by atoms with Gasteiger partial charge in [0.1, 0.15) is 17.3 Å². The number of para-hydroxylation sites is 1. The largest absolute Gasteiger partial charge is 0.496 e. The summed E-state index contributed by atoms with van der Waals surface area (Å²) < 4.78 is 16.6. The van der Waals surface area contributed by atoms with Crippen molar-refractivity contribution in [2.24, 2.45) is 0 Å². The van der Waals surface area contributed by atoms with Crippen LogP contribution in [0.25, 0.3) is 5.57 Å². The van der Waals surface area contributed by atoms with Crippen molar-refractivity contribution in [3.8, 4) is 11.5 Å². The molecule has 4 rings (SSSR count). The van der Waals surface area contributed by atoms with Crippen LogP contribution in [-0.4, -0.2) is 25.5 Å². The molecule has 0 N–H and O–H groups in total. The Balaban J connectivity index is 1.74. The molecule has 7 heteroatoms. The molecular formula is C25H23NO5S. The summed E-state index contributed by atoms with van der Waals surface area (Å²) in [7, 11) is 1.54. The number of amides is 2. The maximum atomic E-state index is 13.6. The van der Waals surface area contributed by atoms with Gasteiger partial charge in [0.2, 0.25) is 0 Å². The Morgan fingerprint density at radius 1 is 1.00 bits per heavy atom. The van der Waals surface area contributed by atoms with E-state index in [-0.39, 0.29) is 5.91 Å². The fourth-order valence-corrected chi connectivity index (χ4v) is 4.44. The minimum absolute atomic E-state index is 0.323. The van der Waals surface area contributed by atoms with E-state index in [1.807, 2.05) is 31.2 Å². The minimum atomic E-state index is -0.394. The van der Waals surface area contributed by atoms with Crippen molar-refractivity contribution in [3.63, 3.8) is 0 Å². The first-order valence-corrected chi connectivity index (χ1v) is 11.3. The molecule has 32 heavy (non-hydrogen) atoms. The number of methoxy groups -OCH3 is 1. The van der Waals surface area contributed by atoms with Crippen molar-refractivity contribution in [1.82, 2.24) is 0 Å². The highest BCUT2D eigenvalue weighted by Gasteiger charge is 2.41. The molecule has 0 saturated carbocycles. The third-order valence-corrected chi connectivity index (χ3v) is 6.00. The SMILES string of the molecule is CCCOc1cccc(N2C(=O)C(SCc3ccco3)=C(c3ccccc3OC)C2=O)c1. The van der Waals surface area contributed by atoms with Gasteiger partial charge in [-0.15, -0.1) is 11.8 Å². The number of ether oxygens (including phenoxy) is 2. The summed E-state index contributed by atoms with van der Waals surface area (Å²) in [6, 6.07) is 17.9. The zero-order valence-corrected chi connectivity index (χ0v) is 18.7. The predicted molar refractivity (Wildman–Crippen MR) is 125 cm³/mol. The first-order chi connectivity index (χ1) is 15.6. The van der Waals surface area contributed by atoms with Gasteiger partial charge in [-0.25, -0.2) is 4.90 Å². The Hall–Kier alpha value is -3.45. The number of imide groups is 1. The van der Waals surface area contributed by atoms with Crippen LogP contribution in [-0.2, 0) is 15.3 Å². The summed E-state index contributed by atoms with van der Waals surface area (Å²) in [6.45, 7) is 2.57. The van der Waals surface area contributed by atoms with Gasteiger partial charge in [0, 0.05) is 11.6 Å². The molecule has 6 nitrogen and oxygen atoms in total. The predicted octanol–water partition coefficient (Wildman–Crippen LogP) is 5.29. The molecule has 0 unspecified atom stereocenters. The van der Waals surface area contributed by atoms with E-state index in [1.54, 1.807) is 49.8 Å². The Kier molecular flexibility index (Phi) is 6.66. The molecule has 0 radical (unpaired) electrons. The normalized spacial score (nSPS) is 13.8. The lowest BCUT2D eigenvalue weighted by Crippen LogP contribution is -2.31. The fourth-order valence-electron chi connectivity index (χ4n) is 3.44. The van der Waals surface area contributed by atoms with Gasteiger partial charge in [-0.05, 0) is 36.8 Å². The van der Waals surface area contributed by atoms with Crippen molar-refractivity contribution in [3.05, 3.63) is 83.2 Å². The highest BCUT2D eigenvalue weighted by Crippen LogP contribution is 2.42. The molecule has 0 fully saturated rings. The van der Waals surface area contributed by atoms with Gasteiger partial charge in [-0.3, -0.25) is 9.59 Å². The smallest absolute Gasteiger partial charge is 0.272 e. The fraction of sp³-hybridized carbons (Fsp3) is 0.200. The lowest BCUT2D eigenvalue weighted by Gasteiger charge is -2.17. The molecule has 2 amide bonds. The maximum absolute atomic E-state index is 13.6. The lowest BCUT2D eigenvalue weighted by molar-refractivity contribution is -0.119. The van der Waals surface area contributed by atoms with Gasteiger partial charge in [0.25, 0.3) is 11.8 Å². The number of benzene rings is 2. The van der Waals surface area contributed by atoms with E-state index >= 15 is 0 Å². The number of carbonyl (C=O) groups is 2. The van der Waals surface area contributed by atoms with E-state index < -0.39 is 5.91 Å². The van der Waals surface area contributed by atoms with Crippen LogP contribution in [0.5, 0.6) is 11.5 Å². The van der Waals surface area contributed by atoms with E-state index in [1.165, 1.54) is 16.7 Å². The summed E-state index contributed by atoms with van der Waals surface area (Å²) in [5.74, 6) is 1.51. The van der Waals surface area contributed by atoms with E-state index in [9.17, 15) is 9.59 Å². The monoisotopic (exact) mass is 449 g/mol. The van der Waals surface area contributed by atoms with Crippen molar-refractivity contribution in [1.29, 1.82) is 0 Å². The molecule has 0 atom stereocenters. The number of hydrogen-bond acceptors (Lipinski definition) is 6. The third-order valence-electron chi connectivity index (χ3n) is 4.91. The molecule has 1 aliphatic heterocycles. The minimum Gasteiger partial charge on any atom is -0.496 e. The first-order valence-electron chi connectivity index (χ1n) is 10.3.